The fourth-order valence-electron chi connectivity index (χ4n) is 4.36. The number of rotatable bonds is 1. The van der Waals surface area contributed by atoms with Gasteiger partial charge in [0.2, 0.25) is 5.95 Å². The minimum Gasteiger partial charge on any atom is -0.370 e. The zero-order valence-corrected chi connectivity index (χ0v) is 13.8. The first-order chi connectivity index (χ1) is 11.0. The number of hydrogen-bond acceptors (Lipinski definition) is 4. The van der Waals surface area contributed by atoms with Gasteiger partial charge in [0, 0.05) is 5.92 Å². The van der Waals surface area contributed by atoms with Crippen LogP contribution >= 0.6 is 0 Å². The van der Waals surface area contributed by atoms with Crippen molar-refractivity contribution in [1.29, 1.82) is 0 Å². The van der Waals surface area contributed by atoms with Crippen LogP contribution in [0.2, 0.25) is 0 Å². The van der Waals surface area contributed by atoms with E-state index in [1.807, 2.05) is 18.2 Å². The van der Waals surface area contributed by atoms with Gasteiger partial charge in [-0.2, -0.15) is 0 Å². The van der Waals surface area contributed by atoms with Gasteiger partial charge in [-0.3, -0.25) is 9.88 Å². The lowest BCUT2D eigenvalue weighted by Gasteiger charge is -2.39. The highest BCUT2D eigenvalue weighted by molar-refractivity contribution is 5.94. The molecule has 0 saturated carbocycles. The third-order valence-electron chi connectivity index (χ3n) is 5.17. The Kier molecular flexibility index (Phi) is 3.18. The molecule has 1 aliphatic heterocycles. The van der Waals surface area contributed by atoms with E-state index in [0.29, 0.717) is 23.7 Å². The van der Waals surface area contributed by atoms with Crippen LogP contribution in [-0.2, 0) is 0 Å². The number of guanidine groups is 1. The highest BCUT2D eigenvalue weighted by Gasteiger charge is 2.38. The van der Waals surface area contributed by atoms with E-state index in [-0.39, 0.29) is 6.17 Å². The van der Waals surface area contributed by atoms with Gasteiger partial charge in [0.15, 0.2) is 5.96 Å². The van der Waals surface area contributed by atoms with Gasteiger partial charge >= 0.3 is 0 Å². The maximum atomic E-state index is 6.06. The number of nitrogens with zero attached hydrogens (tertiary/aromatic N) is 3. The van der Waals surface area contributed by atoms with Gasteiger partial charge in [-0.1, -0.05) is 37.6 Å². The molecule has 0 saturated heterocycles. The SMILES string of the molecule is CC1=C[C@@H](C)[C@H]([C@@H]2N=C(N)Nc3nc4ccccc4n32)[C@@H](C)C1. The van der Waals surface area contributed by atoms with E-state index in [4.69, 9.17) is 10.7 Å². The molecular formula is C18H23N5. The second kappa shape index (κ2) is 5.11. The van der Waals surface area contributed by atoms with Crippen LogP contribution in [0.1, 0.15) is 33.4 Å². The molecule has 4 atom stereocenters. The van der Waals surface area contributed by atoms with Crippen molar-refractivity contribution >= 4 is 22.9 Å². The summed E-state index contributed by atoms with van der Waals surface area (Å²) in [4.78, 5) is 9.46. The molecule has 3 N–H and O–H groups in total. The average Bonchev–Trinajstić information content (AvgIpc) is 2.83. The summed E-state index contributed by atoms with van der Waals surface area (Å²) < 4.78 is 2.22. The third-order valence-corrected chi connectivity index (χ3v) is 5.17. The van der Waals surface area contributed by atoms with Gasteiger partial charge < -0.3 is 5.73 Å². The summed E-state index contributed by atoms with van der Waals surface area (Å²) >= 11 is 0. The van der Waals surface area contributed by atoms with Gasteiger partial charge in [0.05, 0.1) is 11.0 Å². The van der Waals surface area contributed by atoms with E-state index in [9.17, 15) is 0 Å². The zero-order chi connectivity index (χ0) is 16.1. The molecule has 5 heteroatoms. The average molecular weight is 309 g/mol. The van der Waals surface area contributed by atoms with Crippen LogP contribution in [0.3, 0.4) is 0 Å². The van der Waals surface area contributed by atoms with E-state index in [1.54, 1.807) is 0 Å². The minimum atomic E-state index is -0.00648. The second-order valence-corrected chi connectivity index (χ2v) is 6.98. The number of imidazole rings is 1. The quantitative estimate of drug-likeness (QED) is 0.792. The molecule has 4 rings (SSSR count). The van der Waals surface area contributed by atoms with Gasteiger partial charge in [-0.15, -0.1) is 0 Å². The molecule has 0 unspecified atom stereocenters. The number of para-hydroxylation sites is 2. The molecule has 120 valence electrons. The molecular weight excluding hydrogens is 286 g/mol. The van der Waals surface area contributed by atoms with Crippen LogP contribution in [0.15, 0.2) is 40.9 Å². The van der Waals surface area contributed by atoms with Gasteiger partial charge in [0.1, 0.15) is 6.17 Å². The summed E-state index contributed by atoms with van der Waals surface area (Å²) in [6.07, 6.45) is 3.50. The van der Waals surface area contributed by atoms with Crippen molar-refractivity contribution in [3.8, 4) is 0 Å². The highest BCUT2D eigenvalue weighted by atomic mass is 15.4. The number of aromatic nitrogens is 2. The topological polar surface area (TPSA) is 68.2 Å². The predicted octanol–water partition coefficient (Wildman–Crippen LogP) is 3.51. The number of allylic oxidation sites excluding steroid dienone is 2. The maximum Gasteiger partial charge on any atom is 0.212 e. The Morgan fingerprint density at radius 2 is 2.04 bits per heavy atom. The number of benzene rings is 1. The van der Waals surface area contributed by atoms with Gasteiger partial charge in [-0.25, -0.2) is 9.98 Å². The van der Waals surface area contributed by atoms with Crippen LogP contribution in [0.25, 0.3) is 11.0 Å². The van der Waals surface area contributed by atoms with Gasteiger partial charge in [0.25, 0.3) is 0 Å². The van der Waals surface area contributed by atoms with Crippen LogP contribution < -0.4 is 11.1 Å². The number of anilines is 1. The second-order valence-electron chi connectivity index (χ2n) is 6.98. The molecule has 1 aromatic heterocycles. The molecule has 1 aromatic carbocycles. The van der Waals surface area contributed by atoms with Crippen molar-refractivity contribution in [2.24, 2.45) is 28.5 Å². The number of aliphatic imine (C=N–C) groups is 1. The lowest BCUT2D eigenvalue weighted by atomic mass is 9.73. The highest BCUT2D eigenvalue weighted by Crippen LogP contribution is 2.44. The van der Waals surface area contributed by atoms with Crippen molar-refractivity contribution < 1.29 is 0 Å². The van der Waals surface area contributed by atoms with E-state index in [0.717, 1.165) is 23.4 Å². The summed E-state index contributed by atoms with van der Waals surface area (Å²) in [6.45, 7) is 6.84. The van der Waals surface area contributed by atoms with E-state index >= 15 is 0 Å². The van der Waals surface area contributed by atoms with Crippen LogP contribution in [0, 0.1) is 17.8 Å². The monoisotopic (exact) mass is 309 g/mol. The van der Waals surface area contributed by atoms with E-state index in [2.05, 4.69) is 47.8 Å². The zero-order valence-electron chi connectivity index (χ0n) is 13.8. The number of nitrogens with one attached hydrogen (secondary N) is 1. The largest absolute Gasteiger partial charge is 0.370 e. The Morgan fingerprint density at radius 1 is 1.26 bits per heavy atom. The molecule has 2 heterocycles. The fraction of sp³-hybridized carbons (Fsp3) is 0.444. The van der Waals surface area contributed by atoms with E-state index < -0.39 is 0 Å². The maximum absolute atomic E-state index is 6.06. The predicted molar refractivity (Wildman–Crippen MR) is 94.2 cm³/mol. The molecule has 5 nitrogen and oxygen atoms in total. The van der Waals surface area contributed by atoms with Crippen molar-refractivity contribution in [3.63, 3.8) is 0 Å². The van der Waals surface area contributed by atoms with Crippen molar-refractivity contribution in [1.82, 2.24) is 9.55 Å². The number of nitrogens with two attached hydrogens (primary N) is 1. The Labute approximate surface area is 136 Å². The molecule has 0 radical (unpaired) electrons. The molecule has 23 heavy (non-hydrogen) atoms. The standard InChI is InChI=1S/C18H23N5/c1-10-8-11(2)15(12(3)9-10)16-21-17(19)22-18-20-13-6-4-5-7-14(13)23(16)18/h4-8,11-12,15-16H,9H2,1-3H3,(H3,19,20,21,22)/t11-,12+,15+,16-/m1/s1. The Bertz CT molecular complexity index is 816. The molecule has 2 aromatic rings. The number of fused-ring (bicyclic) bond motifs is 3. The van der Waals surface area contributed by atoms with Gasteiger partial charge in [-0.05, 0) is 37.3 Å². The molecule has 0 amide bonds. The summed E-state index contributed by atoms with van der Waals surface area (Å²) in [7, 11) is 0. The summed E-state index contributed by atoms with van der Waals surface area (Å²) in [6, 6.07) is 8.20. The Hall–Kier alpha value is -2.30. The summed E-state index contributed by atoms with van der Waals surface area (Å²) in [5, 5.41) is 3.12. The molecule has 0 fully saturated rings. The lowest BCUT2D eigenvalue weighted by molar-refractivity contribution is 0.188. The molecule has 0 spiro atoms. The normalized spacial score (nSPS) is 30.4. The molecule has 1 aliphatic carbocycles. The van der Waals surface area contributed by atoms with E-state index in [1.165, 1.54) is 5.57 Å². The van der Waals surface area contributed by atoms with Crippen molar-refractivity contribution in [2.75, 3.05) is 5.32 Å². The first kappa shape index (κ1) is 14.3. The summed E-state index contributed by atoms with van der Waals surface area (Å²) in [5.74, 6) is 2.70. The van der Waals surface area contributed by atoms with Crippen LogP contribution in [0.4, 0.5) is 5.95 Å². The fourth-order valence-corrected chi connectivity index (χ4v) is 4.36. The first-order valence-corrected chi connectivity index (χ1v) is 8.29. The smallest absolute Gasteiger partial charge is 0.212 e. The van der Waals surface area contributed by atoms with Crippen molar-refractivity contribution in [2.45, 2.75) is 33.4 Å². The molecule has 0 bridgehead atoms. The van der Waals surface area contributed by atoms with Crippen LogP contribution in [-0.4, -0.2) is 15.5 Å². The molecule has 2 aliphatic rings. The first-order valence-electron chi connectivity index (χ1n) is 8.29. The lowest BCUT2D eigenvalue weighted by Crippen LogP contribution is -2.38. The van der Waals surface area contributed by atoms with Crippen LogP contribution in [0.5, 0.6) is 0 Å². The Balaban J connectivity index is 1.87. The van der Waals surface area contributed by atoms with Crippen molar-refractivity contribution in [3.05, 3.63) is 35.9 Å². The summed E-state index contributed by atoms with van der Waals surface area (Å²) in [5.41, 5.74) is 9.62. The third kappa shape index (κ3) is 2.22. The number of hydrogen-bond donors (Lipinski definition) is 2. The Morgan fingerprint density at radius 3 is 2.83 bits per heavy atom. The minimum absolute atomic E-state index is 0.00648.